The van der Waals surface area contributed by atoms with E-state index in [2.05, 4.69) is 6.92 Å². The van der Waals surface area contributed by atoms with E-state index in [0.717, 1.165) is 12.8 Å². The Balaban J connectivity index is -0.000000500. The highest BCUT2D eigenvalue weighted by Crippen LogP contribution is 2.04. The number of hydrogen-bond acceptors (Lipinski definition) is 2. The van der Waals surface area contributed by atoms with E-state index in [9.17, 15) is 4.79 Å². The lowest BCUT2D eigenvalue weighted by Gasteiger charge is -1.98. The Hall–Kier alpha value is -0.280. The van der Waals surface area contributed by atoms with Crippen LogP contribution in [-0.4, -0.2) is 11.1 Å². The lowest BCUT2D eigenvalue weighted by molar-refractivity contribution is -0.129. The lowest BCUT2D eigenvalue weighted by Crippen LogP contribution is -3.00. The Bertz CT molecular complexity index is 114. The predicted octanol–water partition coefficient (Wildman–Crippen LogP) is -1.03. The molecule has 0 bridgehead atoms. The third kappa shape index (κ3) is 9.72. The minimum absolute atomic E-state index is 0. The molecule has 74 valence electrons. The van der Waals surface area contributed by atoms with Crippen molar-refractivity contribution >= 4 is 5.91 Å². The number of halogens is 1. The molecule has 0 saturated carbocycles. The normalized spacial score (nSPS) is 8.83. The Morgan fingerprint density at radius 1 is 1.33 bits per heavy atom. The van der Waals surface area contributed by atoms with Crippen molar-refractivity contribution in [1.29, 1.82) is 0 Å². The van der Waals surface area contributed by atoms with Gasteiger partial charge in [-0.25, -0.2) is 5.48 Å². The van der Waals surface area contributed by atoms with Crippen LogP contribution in [0.4, 0.5) is 0 Å². The molecule has 0 aliphatic rings. The molecule has 0 aromatic carbocycles. The molecule has 0 heterocycles. The first-order chi connectivity index (χ1) is 5.31. The minimum Gasteiger partial charge on any atom is -1.00 e. The molecule has 0 unspecified atom stereocenters. The standard InChI is InChI=1S/C8H17NO2.ClH/c1-2-3-4-5-6-7-8(10)9-11;/h11H,2-7H2,1H3,(H,9,10);1H. The Labute approximate surface area is 81.4 Å². The van der Waals surface area contributed by atoms with Crippen LogP contribution in [0.15, 0.2) is 0 Å². The molecule has 2 N–H and O–H groups in total. The molecule has 0 aliphatic heterocycles. The highest BCUT2D eigenvalue weighted by Gasteiger charge is 1.96. The van der Waals surface area contributed by atoms with Crippen LogP contribution in [-0.2, 0) is 4.79 Å². The predicted molar refractivity (Wildman–Crippen MR) is 44.4 cm³/mol. The number of hydroxylamine groups is 1. The third-order valence-corrected chi connectivity index (χ3v) is 1.63. The maximum Gasteiger partial charge on any atom is 1.00 e. The summed E-state index contributed by atoms with van der Waals surface area (Å²) in [5.41, 5.74) is 1.62. The number of carbonyl (C=O) groups excluding carboxylic acids is 1. The monoisotopic (exact) mass is 195 g/mol. The summed E-state index contributed by atoms with van der Waals surface area (Å²) < 4.78 is 0. The van der Waals surface area contributed by atoms with Crippen molar-refractivity contribution in [3.8, 4) is 0 Å². The molecule has 12 heavy (non-hydrogen) atoms. The van der Waals surface area contributed by atoms with E-state index in [1.54, 1.807) is 5.48 Å². The van der Waals surface area contributed by atoms with Gasteiger partial charge in [-0.2, -0.15) is 0 Å². The second-order valence-corrected chi connectivity index (χ2v) is 2.70. The topological polar surface area (TPSA) is 49.3 Å². The molecule has 0 atom stereocenters. The maximum atomic E-state index is 10.5. The van der Waals surface area contributed by atoms with Crippen molar-refractivity contribution in [2.45, 2.75) is 45.4 Å². The van der Waals surface area contributed by atoms with Crippen LogP contribution in [0, 0.1) is 0 Å². The fraction of sp³-hybridized carbons (Fsp3) is 0.875. The number of amides is 1. The summed E-state index contributed by atoms with van der Waals surface area (Å²) in [5, 5.41) is 8.14. The summed E-state index contributed by atoms with van der Waals surface area (Å²) in [6.07, 6.45) is 6.05. The van der Waals surface area contributed by atoms with E-state index in [1.807, 2.05) is 0 Å². The van der Waals surface area contributed by atoms with Gasteiger partial charge in [-0.15, -0.1) is 0 Å². The lowest BCUT2D eigenvalue weighted by atomic mass is 10.1. The first kappa shape index (κ1) is 14.3. The van der Waals surface area contributed by atoms with E-state index < -0.39 is 0 Å². The smallest absolute Gasteiger partial charge is 1.00 e. The highest BCUT2D eigenvalue weighted by molar-refractivity contribution is 5.74. The molecule has 0 aromatic rings. The van der Waals surface area contributed by atoms with E-state index in [1.165, 1.54) is 19.3 Å². The zero-order chi connectivity index (χ0) is 8.53. The molecular weight excluding hydrogens is 178 g/mol. The molecule has 0 saturated heterocycles. The largest absolute Gasteiger partial charge is 1.00 e. The molecule has 0 radical (unpaired) electrons. The summed E-state index contributed by atoms with van der Waals surface area (Å²) in [6, 6.07) is 0. The zero-order valence-electron chi connectivity index (χ0n) is 8.48. The Kier molecular flexibility index (Phi) is 12.7. The summed E-state index contributed by atoms with van der Waals surface area (Å²) >= 11 is 0. The Morgan fingerprint density at radius 2 is 1.92 bits per heavy atom. The highest BCUT2D eigenvalue weighted by atomic mass is 35.5. The van der Waals surface area contributed by atoms with Gasteiger partial charge in [0.05, 0.1) is 0 Å². The van der Waals surface area contributed by atoms with Gasteiger partial charge in [-0.3, -0.25) is 10.0 Å². The average Bonchev–Trinajstić information content (AvgIpc) is 2.04. The van der Waals surface area contributed by atoms with Gasteiger partial charge in [-0.1, -0.05) is 32.6 Å². The van der Waals surface area contributed by atoms with Gasteiger partial charge in [-0.05, 0) is 6.42 Å². The molecule has 0 aromatic heterocycles. The van der Waals surface area contributed by atoms with Crippen LogP contribution in [0.2, 0.25) is 0 Å². The quantitative estimate of drug-likeness (QED) is 0.324. The van der Waals surface area contributed by atoms with Gasteiger partial charge in [0, 0.05) is 6.42 Å². The van der Waals surface area contributed by atoms with Gasteiger partial charge in [0.25, 0.3) is 0 Å². The first-order valence-corrected chi connectivity index (χ1v) is 4.24. The van der Waals surface area contributed by atoms with Crippen molar-refractivity contribution in [2.75, 3.05) is 0 Å². The summed E-state index contributed by atoms with van der Waals surface area (Å²) in [6.45, 7) is 2.15. The molecule has 0 fully saturated rings. The van der Waals surface area contributed by atoms with Crippen LogP contribution in [0.25, 0.3) is 0 Å². The third-order valence-electron chi connectivity index (χ3n) is 1.63. The molecule has 4 heteroatoms. The van der Waals surface area contributed by atoms with Crippen LogP contribution in [0.3, 0.4) is 0 Å². The van der Waals surface area contributed by atoms with Gasteiger partial charge in [0.1, 0.15) is 0 Å². The number of carbonyl (C=O) groups is 1. The second-order valence-electron chi connectivity index (χ2n) is 2.70. The van der Waals surface area contributed by atoms with E-state index in [0.29, 0.717) is 6.42 Å². The summed E-state index contributed by atoms with van der Waals surface area (Å²) in [4.78, 5) is 10.5. The van der Waals surface area contributed by atoms with E-state index in [4.69, 9.17) is 5.21 Å². The zero-order valence-corrected chi connectivity index (χ0v) is 8.23. The van der Waals surface area contributed by atoms with Crippen LogP contribution < -0.4 is 17.9 Å². The Morgan fingerprint density at radius 3 is 2.42 bits per heavy atom. The van der Waals surface area contributed by atoms with Crippen molar-refractivity contribution in [2.24, 2.45) is 0 Å². The first-order valence-electron chi connectivity index (χ1n) is 4.24. The van der Waals surface area contributed by atoms with Crippen molar-refractivity contribution in [1.82, 2.24) is 5.48 Å². The SMILES string of the molecule is CCCCCCCC(=O)NO.[Cl-].[H+]. The van der Waals surface area contributed by atoms with Gasteiger partial charge < -0.3 is 12.4 Å². The van der Waals surface area contributed by atoms with Gasteiger partial charge in [0.15, 0.2) is 0 Å². The number of rotatable bonds is 6. The maximum absolute atomic E-state index is 10.5. The minimum atomic E-state index is -0.276. The van der Waals surface area contributed by atoms with Gasteiger partial charge >= 0.3 is 1.43 Å². The molecule has 0 spiro atoms. The van der Waals surface area contributed by atoms with E-state index >= 15 is 0 Å². The van der Waals surface area contributed by atoms with Crippen LogP contribution in [0.1, 0.15) is 46.9 Å². The number of hydrogen-bond donors (Lipinski definition) is 2. The fourth-order valence-electron chi connectivity index (χ4n) is 0.945. The molecular formula is C8H18ClNO2. The molecule has 1 amide bonds. The fourth-order valence-corrected chi connectivity index (χ4v) is 0.945. The molecule has 3 nitrogen and oxygen atoms in total. The van der Waals surface area contributed by atoms with Crippen molar-refractivity contribution in [3.63, 3.8) is 0 Å². The molecule has 0 rings (SSSR count). The summed E-state index contributed by atoms with van der Waals surface area (Å²) in [7, 11) is 0. The van der Waals surface area contributed by atoms with Gasteiger partial charge in [0.2, 0.25) is 5.91 Å². The van der Waals surface area contributed by atoms with E-state index in [-0.39, 0.29) is 19.7 Å². The van der Waals surface area contributed by atoms with Crippen molar-refractivity contribution < 1.29 is 23.8 Å². The number of nitrogens with one attached hydrogen (secondary N) is 1. The van der Waals surface area contributed by atoms with Crippen LogP contribution in [0.5, 0.6) is 0 Å². The van der Waals surface area contributed by atoms with Crippen molar-refractivity contribution in [3.05, 3.63) is 0 Å². The van der Waals surface area contributed by atoms with Crippen LogP contribution >= 0.6 is 0 Å². The second kappa shape index (κ2) is 10.7. The molecule has 0 aliphatic carbocycles. The average molecular weight is 196 g/mol. The number of unbranched alkanes of at least 4 members (excludes halogenated alkanes) is 4. The summed E-state index contributed by atoms with van der Waals surface area (Å²) in [5.74, 6) is -0.276.